The van der Waals surface area contributed by atoms with Crippen molar-refractivity contribution in [2.45, 2.75) is 88.9 Å². The van der Waals surface area contributed by atoms with E-state index in [0.717, 1.165) is 54.9 Å². The molecule has 1 aliphatic heterocycles. The van der Waals surface area contributed by atoms with E-state index >= 15 is 0 Å². The molecule has 1 amide bonds. The molecular formula is C29H40ClN5O3Si. The second-order valence-electron chi connectivity index (χ2n) is 12.6. The van der Waals surface area contributed by atoms with Crippen LogP contribution in [0.15, 0.2) is 36.5 Å². The summed E-state index contributed by atoms with van der Waals surface area (Å²) in [5, 5.41) is 14.9. The Hall–Kier alpha value is -2.62. The molecule has 2 atom stereocenters. The van der Waals surface area contributed by atoms with Crippen molar-refractivity contribution < 1.29 is 14.6 Å². The molecule has 1 aliphatic carbocycles. The summed E-state index contributed by atoms with van der Waals surface area (Å²) in [4.78, 5) is 23.2. The highest BCUT2D eigenvalue weighted by molar-refractivity contribution is 6.76. The molecule has 0 unspecified atom stereocenters. The predicted octanol–water partition coefficient (Wildman–Crippen LogP) is 6.83. The lowest BCUT2D eigenvalue weighted by Gasteiger charge is -2.46. The van der Waals surface area contributed by atoms with Crippen molar-refractivity contribution >= 4 is 42.6 Å². The molecule has 3 aromatic rings. The fraction of sp³-hybridized carbons (Fsp3) is 0.552. The average molecular weight is 570 g/mol. The highest BCUT2D eigenvalue weighted by Gasteiger charge is 2.41. The minimum absolute atomic E-state index is 0.0810. The fourth-order valence-corrected chi connectivity index (χ4v) is 6.55. The molecule has 1 saturated heterocycles. The third kappa shape index (κ3) is 6.58. The monoisotopic (exact) mass is 569 g/mol. The number of nitrogens with one attached hydrogen (secondary N) is 1. The number of hydrogen-bond donors (Lipinski definition) is 2. The van der Waals surface area contributed by atoms with E-state index in [1.807, 2.05) is 22.8 Å². The zero-order valence-electron chi connectivity index (χ0n) is 23.4. The van der Waals surface area contributed by atoms with Crippen molar-refractivity contribution in [2.75, 3.05) is 18.5 Å². The first-order chi connectivity index (χ1) is 18.5. The summed E-state index contributed by atoms with van der Waals surface area (Å²) in [5.74, 6) is 1.17. The molecule has 2 aromatic heterocycles. The van der Waals surface area contributed by atoms with Gasteiger partial charge in [0.25, 0.3) is 0 Å². The third-order valence-corrected chi connectivity index (χ3v) is 9.92. The minimum atomic E-state index is -1.18. The maximum Gasteiger partial charge on any atom is 0.407 e. The van der Waals surface area contributed by atoms with Crippen molar-refractivity contribution in [3.05, 3.63) is 52.9 Å². The van der Waals surface area contributed by atoms with Crippen molar-refractivity contribution in [3.8, 4) is 0 Å². The number of carboxylic acid groups (broad SMARTS) is 1. The van der Waals surface area contributed by atoms with Crippen LogP contribution in [0.4, 0.5) is 10.6 Å². The first kappa shape index (κ1) is 27.9. The molecule has 8 nitrogen and oxygen atoms in total. The molecule has 3 heterocycles. The number of ether oxygens (including phenoxy) is 1. The number of piperidine rings is 1. The van der Waals surface area contributed by atoms with E-state index in [2.05, 4.69) is 60.2 Å². The Morgan fingerprint density at radius 1 is 1.21 bits per heavy atom. The lowest BCUT2D eigenvalue weighted by atomic mass is 9.81. The van der Waals surface area contributed by atoms with Crippen LogP contribution in [0, 0.1) is 0 Å². The Morgan fingerprint density at radius 2 is 1.95 bits per heavy atom. The van der Waals surface area contributed by atoms with Crippen LogP contribution in [-0.2, 0) is 17.9 Å². The maximum absolute atomic E-state index is 12.4. The molecule has 0 spiro atoms. The second-order valence-corrected chi connectivity index (χ2v) is 18.6. The summed E-state index contributed by atoms with van der Waals surface area (Å²) >= 11 is 6.44. The number of aromatic nitrogens is 3. The highest BCUT2D eigenvalue weighted by Crippen LogP contribution is 2.46. The highest BCUT2D eigenvalue weighted by atomic mass is 35.5. The number of halogens is 1. The van der Waals surface area contributed by atoms with Crippen molar-refractivity contribution in [1.29, 1.82) is 0 Å². The van der Waals surface area contributed by atoms with Gasteiger partial charge in [-0.2, -0.15) is 4.98 Å². The van der Waals surface area contributed by atoms with Gasteiger partial charge in [-0.05, 0) is 73.7 Å². The van der Waals surface area contributed by atoms with E-state index in [0.29, 0.717) is 31.4 Å². The number of hydrogen-bond acceptors (Lipinski definition) is 5. The molecule has 2 N–H and O–H groups in total. The van der Waals surface area contributed by atoms with Crippen LogP contribution >= 0.6 is 11.6 Å². The van der Waals surface area contributed by atoms with E-state index < -0.39 is 19.7 Å². The van der Waals surface area contributed by atoms with Gasteiger partial charge in [0.15, 0.2) is 0 Å². The first-order valence-corrected chi connectivity index (χ1v) is 18.1. The smallest absolute Gasteiger partial charge is 0.407 e. The van der Waals surface area contributed by atoms with Crippen molar-refractivity contribution in [1.82, 2.24) is 19.4 Å². The van der Waals surface area contributed by atoms with Crippen molar-refractivity contribution in [2.24, 2.45) is 0 Å². The van der Waals surface area contributed by atoms with Crippen LogP contribution in [0.1, 0.15) is 49.7 Å². The zero-order valence-corrected chi connectivity index (χ0v) is 25.2. The molecule has 39 heavy (non-hydrogen) atoms. The van der Waals surface area contributed by atoms with Gasteiger partial charge in [-0.3, -0.25) is 0 Å². The van der Waals surface area contributed by atoms with Crippen LogP contribution < -0.4 is 5.32 Å². The number of benzene rings is 1. The zero-order chi connectivity index (χ0) is 27.8. The summed E-state index contributed by atoms with van der Waals surface area (Å²) < 4.78 is 8.11. The Bertz CT molecular complexity index is 1320. The van der Waals surface area contributed by atoms with Crippen LogP contribution in [0.2, 0.25) is 31.0 Å². The van der Waals surface area contributed by atoms with Crippen molar-refractivity contribution in [3.63, 3.8) is 0 Å². The van der Waals surface area contributed by atoms with Crippen LogP contribution in [0.25, 0.3) is 11.0 Å². The lowest BCUT2D eigenvalue weighted by Crippen LogP contribution is -2.58. The summed E-state index contributed by atoms with van der Waals surface area (Å²) in [6, 6.07) is 11.1. The number of amides is 1. The summed E-state index contributed by atoms with van der Waals surface area (Å²) in [6.07, 6.45) is 5.80. The quantitative estimate of drug-likeness (QED) is 0.158. The van der Waals surface area contributed by atoms with Gasteiger partial charge in [-0.25, -0.2) is 9.78 Å². The maximum atomic E-state index is 12.4. The van der Waals surface area contributed by atoms with E-state index in [1.165, 1.54) is 5.56 Å². The summed E-state index contributed by atoms with van der Waals surface area (Å²) in [6.45, 7) is 10.6. The van der Waals surface area contributed by atoms with E-state index in [9.17, 15) is 9.90 Å². The van der Waals surface area contributed by atoms with Gasteiger partial charge in [0.1, 0.15) is 18.2 Å². The fourth-order valence-electron chi connectivity index (χ4n) is 5.63. The molecule has 2 aliphatic rings. The van der Waals surface area contributed by atoms with E-state index in [4.69, 9.17) is 16.3 Å². The number of likely N-dealkylation sites (tertiary alicyclic amines) is 1. The molecular weight excluding hydrogens is 530 g/mol. The minimum Gasteiger partial charge on any atom is -0.465 e. The lowest BCUT2D eigenvalue weighted by molar-refractivity contribution is 0.0532. The van der Waals surface area contributed by atoms with Crippen LogP contribution in [-0.4, -0.2) is 63.4 Å². The number of carbonyl (C=O) groups is 1. The molecule has 0 bridgehead atoms. The second kappa shape index (κ2) is 11.1. The molecule has 1 aromatic carbocycles. The number of anilines is 1. The first-order valence-electron chi connectivity index (χ1n) is 14.0. The van der Waals surface area contributed by atoms with Gasteiger partial charge in [-0.15, -0.1) is 0 Å². The number of fused-ring (bicyclic) bond motifs is 1. The number of rotatable bonds is 10. The Labute approximate surface area is 236 Å². The van der Waals surface area contributed by atoms with Gasteiger partial charge >= 0.3 is 6.09 Å². The van der Waals surface area contributed by atoms with Gasteiger partial charge in [0.2, 0.25) is 5.28 Å². The standard InChI is InChI=1S/C29H40ClN5O3Si/c1-29(16-20-8-6-5-7-9-20)13-12-22(17-35(29)28(36)37)31-25-24-23(21-10-11-21)18-34(26(24)33-27(30)32-25)19-38-14-15-39(2,3)4/h5-9,18,21-22H,10-17,19H2,1-4H3,(H,36,37)(H,31,32,33)/t22-,29+/m1/s1. The average Bonchev–Trinajstić information content (AvgIpc) is 3.64. The topological polar surface area (TPSA) is 92.5 Å². The summed E-state index contributed by atoms with van der Waals surface area (Å²) in [5.41, 5.74) is 2.66. The van der Waals surface area contributed by atoms with Gasteiger partial charge in [-0.1, -0.05) is 50.0 Å². The van der Waals surface area contributed by atoms with Crippen LogP contribution in [0.5, 0.6) is 0 Å². The van der Waals surface area contributed by atoms with Gasteiger partial charge in [0, 0.05) is 39.0 Å². The normalized spacial score (nSPS) is 21.9. The molecule has 0 radical (unpaired) electrons. The number of nitrogens with zero attached hydrogens (tertiary/aromatic N) is 4. The van der Waals surface area contributed by atoms with Gasteiger partial charge < -0.3 is 24.6 Å². The molecule has 1 saturated carbocycles. The van der Waals surface area contributed by atoms with E-state index in [-0.39, 0.29) is 11.3 Å². The Morgan fingerprint density at radius 3 is 2.62 bits per heavy atom. The molecule has 10 heteroatoms. The summed E-state index contributed by atoms with van der Waals surface area (Å²) in [7, 11) is -1.18. The third-order valence-electron chi connectivity index (χ3n) is 8.05. The molecule has 210 valence electrons. The van der Waals surface area contributed by atoms with E-state index in [1.54, 1.807) is 4.90 Å². The Kier molecular flexibility index (Phi) is 7.95. The molecule has 2 fully saturated rings. The largest absolute Gasteiger partial charge is 0.465 e. The predicted molar refractivity (Wildman–Crippen MR) is 159 cm³/mol. The SMILES string of the molecule is C[C@@]1(Cc2ccccc2)CC[C@@H](Nc2nc(Cl)nc3c2c(C2CC2)cn3COCC[Si](C)(C)C)CN1C(=O)O. The Balaban J connectivity index is 1.37. The molecule has 5 rings (SSSR count). The van der Waals surface area contributed by atoms with Gasteiger partial charge in [0.05, 0.1) is 5.39 Å². The van der Waals surface area contributed by atoms with Crippen LogP contribution in [0.3, 0.4) is 0 Å².